The molecule has 2 bridgehead atoms. The van der Waals surface area contributed by atoms with E-state index in [1.165, 1.54) is 19.3 Å². The van der Waals surface area contributed by atoms with Crippen molar-refractivity contribution in [1.82, 2.24) is 4.90 Å². The van der Waals surface area contributed by atoms with Crippen molar-refractivity contribution >= 4 is 0 Å². The minimum atomic E-state index is 0.00347. The van der Waals surface area contributed by atoms with Crippen molar-refractivity contribution in [3.8, 4) is 0 Å². The van der Waals surface area contributed by atoms with Gasteiger partial charge in [-0.3, -0.25) is 0 Å². The second-order valence-electron chi connectivity index (χ2n) is 4.99. The monoisotopic (exact) mass is 183 g/mol. The first kappa shape index (κ1) is 9.47. The standard InChI is InChI=1S/C11H21NO/c1-8(2)12-6-9-4-3-5-10(7-12)11(9)13/h8-11,13H,3-7H2,1-2H3/t9-,10-/m0/s1. The minimum Gasteiger partial charge on any atom is -0.392 e. The molecule has 13 heavy (non-hydrogen) atoms. The van der Waals surface area contributed by atoms with Gasteiger partial charge < -0.3 is 10.0 Å². The first-order chi connectivity index (χ1) is 6.18. The molecule has 0 amide bonds. The largest absolute Gasteiger partial charge is 0.392 e. The zero-order chi connectivity index (χ0) is 9.42. The smallest absolute Gasteiger partial charge is 0.0620 e. The van der Waals surface area contributed by atoms with E-state index in [1.54, 1.807) is 0 Å². The Balaban J connectivity index is 2.03. The van der Waals surface area contributed by atoms with E-state index in [0.29, 0.717) is 17.9 Å². The van der Waals surface area contributed by atoms with E-state index in [2.05, 4.69) is 18.7 Å². The van der Waals surface area contributed by atoms with Gasteiger partial charge in [-0.25, -0.2) is 0 Å². The van der Waals surface area contributed by atoms with Crippen molar-refractivity contribution in [1.29, 1.82) is 0 Å². The maximum atomic E-state index is 9.96. The van der Waals surface area contributed by atoms with E-state index >= 15 is 0 Å². The van der Waals surface area contributed by atoms with Crippen LogP contribution in [0.3, 0.4) is 0 Å². The van der Waals surface area contributed by atoms with Crippen molar-refractivity contribution in [2.45, 2.75) is 45.3 Å². The lowest BCUT2D eigenvalue weighted by Gasteiger charge is -2.46. The fraction of sp³-hybridized carbons (Fsp3) is 1.00. The minimum absolute atomic E-state index is 0.00347. The van der Waals surface area contributed by atoms with E-state index in [-0.39, 0.29) is 6.10 Å². The Morgan fingerprint density at radius 2 is 1.69 bits per heavy atom. The third kappa shape index (κ3) is 1.75. The number of piperidine rings is 1. The molecule has 1 aliphatic carbocycles. The van der Waals surface area contributed by atoms with Gasteiger partial charge in [-0.15, -0.1) is 0 Å². The highest BCUT2D eigenvalue weighted by Crippen LogP contribution is 2.35. The highest BCUT2D eigenvalue weighted by Gasteiger charge is 2.38. The SMILES string of the molecule is CC(C)N1C[C@@H]2CCC[C@@H](C1)C2O. The fourth-order valence-electron chi connectivity index (χ4n) is 2.87. The third-order valence-electron chi connectivity index (χ3n) is 3.78. The van der Waals surface area contributed by atoms with Crippen LogP contribution in [0.15, 0.2) is 0 Å². The first-order valence-corrected chi connectivity index (χ1v) is 5.60. The highest BCUT2D eigenvalue weighted by molar-refractivity contribution is 4.91. The highest BCUT2D eigenvalue weighted by atomic mass is 16.3. The van der Waals surface area contributed by atoms with Crippen LogP contribution in [-0.2, 0) is 0 Å². The van der Waals surface area contributed by atoms with Crippen LogP contribution >= 0.6 is 0 Å². The Labute approximate surface area is 80.9 Å². The van der Waals surface area contributed by atoms with E-state index in [4.69, 9.17) is 0 Å². The van der Waals surface area contributed by atoms with E-state index in [9.17, 15) is 5.11 Å². The lowest BCUT2D eigenvalue weighted by atomic mass is 9.75. The molecule has 1 saturated carbocycles. The second kappa shape index (κ2) is 3.58. The Hall–Kier alpha value is -0.0800. The first-order valence-electron chi connectivity index (χ1n) is 5.60. The van der Waals surface area contributed by atoms with Crippen LogP contribution in [0, 0.1) is 11.8 Å². The summed E-state index contributed by atoms with van der Waals surface area (Å²) in [6, 6.07) is 0.649. The number of aliphatic hydroxyl groups excluding tert-OH is 1. The van der Waals surface area contributed by atoms with E-state index in [0.717, 1.165) is 13.1 Å². The van der Waals surface area contributed by atoms with Gasteiger partial charge in [-0.05, 0) is 38.5 Å². The van der Waals surface area contributed by atoms with Gasteiger partial charge in [-0.2, -0.15) is 0 Å². The number of aliphatic hydroxyl groups is 1. The Kier molecular flexibility index (Phi) is 2.61. The molecule has 0 aromatic rings. The van der Waals surface area contributed by atoms with Crippen molar-refractivity contribution in [2.24, 2.45) is 11.8 Å². The van der Waals surface area contributed by atoms with Crippen molar-refractivity contribution in [2.75, 3.05) is 13.1 Å². The summed E-state index contributed by atoms with van der Waals surface area (Å²) in [6.07, 6.45) is 3.81. The lowest BCUT2D eigenvalue weighted by molar-refractivity contribution is -0.0575. The van der Waals surface area contributed by atoms with Gasteiger partial charge >= 0.3 is 0 Å². The molecule has 2 atom stereocenters. The number of rotatable bonds is 1. The summed E-state index contributed by atoms with van der Waals surface area (Å²) in [7, 11) is 0. The molecule has 2 fully saturated rings. The van der Waals surface area contributed by atoms with Gasteiger partial charge in [0.2, 0.25) is 0 Å². The number of hydrogen-bond donors (Lipinski definition) is 1. The predicted octanol–water partition coefficient (Wildman–Crippen LogP) is 1.49. The molecule has 2 rings (SSSR count). The summed E-state index contributed by atoms with van der Waals surface area (Å²) in [5.74, 6) is 1.13. The normalized spacial score (nSPS) is 41.1. The summed E-state index contributed by atoms with van der Waals surface area (Å²) in [6.45, 7) is 6.76. The topological polar surface area (TPSA) is 23.5 Å². The molecule has 2 aliphatic rings. The van der Waals surface area contributed by atoms with Gasteiger partial charge in [-0.1, -0.05) is 6.42 Å². The van der Waals surface area contributed by atoms with Gasteiger partial charge in [0.05, 0.1) is 6.10 Å². The molecule has 0 unspecified atom stereocenters. The summed E-state index contributed by atoms with van der Waals surface area (Å²) in [5, 5.41) is 9.96. The molecule has 0 spiro atoms. The van der Waals surface area contributed by atoms with Crippen LogP contribution in [0.4, 0.5) is 0 Å². The zero-order valence-corrected chi connectivity index (χ0v) is 8.74. The number of fused-ring (bicyclic) bond motifs is 2. The van der Waals surface area contributed by atoms with Gasteiger partial charge in [0.25, 0.3) is 0 Å². The summed E-state index contributed by atoms with van der Waals surface area (Å²) in [4.78, 5) is 2.53. The van der Waals surface area contributed by atoms with Crippen LogP contribution in [-0.4, -0.2) is 35.2 Å². The van der Waals surface area contributed by atoms with Crippen LogP contribution in [0.5, 0.6) is 0 Å². The summed E-state index contributed by atoms with van der Waals surface area (Å²) < 4.78 is 0. The number of likely N-dealkylation sites (tertiary alicyclic amines) is 1. The Morgan fingerprint density at radius 3 is 2.15 bits per heavy atom. The van der Waals surface area contributed by atoms with Crippen LogP contribution < -0.4 is 0 Å². The molecule has 1 heterocycles. The summed E-state index contributed by atoms with van der Waals surface area (Å²) in [5.41, 5.74) is 0. The molecule has 1 saturated heterocycles. The van der Waals surface area contributed by atoms with E-state index < -0.39 is 0 Å². The molecule has 0 aromatic carbocycles. The average molecular weight is 183 g/mol. The number of hydrogen-bond acceptors (Lipinski definition) is 2. The summed E-state index contributed by atoms with van der Waals surface area (Å²) >= 11 is 0. The molecule has 0 radical (unpaired) electrons. The molecule has 2 heteroatoms. The van der Waals surface area contributed by atoms with E-state index in [1.807, 2.05) is 0 Å². The number of nitrogens with zero attached hydrogens (tertiary/aromatic N) is 1. The Morgan fingerprint density at radius 1 is 1.15 bits per heavy atom. The van der Waals surface area contributed by atoms with Crippen molar-refractivity contribution in [3.63, 3.8) is 0 Å². The third-order valence-corrected chi connectivity index (χ3v) is 3.78. The molecule has 76 valence electrons. The molecule has 0 aromatic heterocycles. The Bertz CT molecular complexity index is 167. The van der Waals surface area contributed by atoms with Gasteiger partial charge in [0.1, 0.15) is 0 Å². The molecule has 1 aliphatic heterocycles. The molecular formula is C11H21NO. The van der Waals surface area contributed by atoms with Gasteiger partial charge in [0, 0.05) is 19.1 Å². The van der Waals surface area contributed by atoms with Crippen LogP contribution in [0.1, 0.15) is 33.1 Å². The molecule has 2 nitrogen and oxygen atoms in total. The molecule has 1 N–H and O–H groups in total. The zero-order valence-electron chi connectivity index (χ0n) is 8.74. The quantitative estimate of drug-likeness (QED) is 0.665. The second-order valence-corrected chi connectivity index (χ2v) is 4.99. The maximum Gasteiger partial charge on any atom is 0.0620 e. The van der Waals surface area contributed by atoms with Crippen LogP contribution in [0.2, 0.25) is 0 Å². The predicted molar refractivity (Wildman–Crippen MR) is 53.5 cm³/mol. The molecular weight excluding hydrogens is 162 g/mol. The average Bonchev–Trinajstić information content (AvgIpc) is 2.02. The van der Waals surface area contributed by atoms with Crippen molar-refractivity contribution < 1.29 is 5.11 Å². The maximum absolute atomic E-state index is 9.96. The van der Waals surface area contributed by atoms with Crippen molar-refractivity contribution in [3.05, 3.63) is 0 Å². The fourth-order valence-corrected chi connectivity index (χ4v) is 2.87. The lowest BCUT2D eigenvalue weighted by Crippen LogP contribution is -2.53. The van der Waals surface area contributed by atoms with Crippen LogP contribution in [0.25, 0.3) is 0 Å². The van der Waals surface area contributed by atoms with Gasteiger partial charge in [0.15, 0.2) is 0 Å².